The quantitative estimate of drug-likeness (QED) is 0.826. The molecule has 2 N–H and O–H groups in total. The van der Waals surface area contributed by atoms with Crippen molar-refractivity contribution in [2.24, 2.45) is 5.92 Å². The molecule has 4 unspecified atom stereocenters. The minimum atomic E-state index is -0.450. The van der Waals surface area contributed by atoms with Crippen LogP contribution in [0.4, 0.5) is 0 Å². The molecule has 144 valence electrons. The van der Waals surface area contributed by atoms with Gasteiger partial charge in [0.15, 0.2) is 0 Å². The Balaban J connectivity index is 1.68. The van der Waals surface area contributed by atoms with Gasteiger partial charge in [0.2, 0.25) is 0 Å². The maximum absolute atomic E-state index is 10.4. The van der Waals surface area contributed by atoms with E-state index < -0.39 is 6.10 Å². The highest BCUT2D eigenvalue weighted by Crippen LogP contribution is 2.39. The molecular formula is C23H27ClO3. The summed E-state index contributed by atoms with van der Waals surface area (Å²) in [6, 6.07) is 12.6. The molecule has 4 atom stereocenters. The molecule has 3 nitrogen and oxygen atoms in total. The highest BCUT2D eigenvalue weighted by atomic mass is 35.5. The lowest BCUT2D eigenvalue weighted by Gasteiger charge is -2.38. The van der Waals surface area contributed by atoms with Crippen LogP contribution in [0.5, 0.6) is 0 Å². The molecule has 2 aliphatic rings. The van der Waals surface area contributed by atoms with Gasteiger partial charge in [-0.25, -0.2) is 0 Å². The molecule has 1 fully saturated rings. The van der Waals surface area contributed by atoms with Gasteiger partial charge in [-0.3, -0.25) is 0 Å². The van der Waals surface area contributed by atoms with Crippen LogP contribution in [-0.4, -0.2) is 29.0 Å². The lowest BCUT2D eigenvalue weighted by atomic mass is 9.84. The van der Waals surface area contributed by atoms with Crippen molar-refractivity contribution in [3.05, 3.63) is 69.2 Å². The Morgan fingerprint density at radius 2 is 1.93 bits per heavy atom. The second-order valence-corrected chi connectivity index (χ2v) is 8.43. The van der Waals surface area contributed by atoms with Crippen molar-refractivity contribution >= 4 is 11.6 Å². The Morgan fingerprint density at radius 3 is 2.67 bits per heavy atom. The third-order valence-electron chi connectivity index (χ3n) is 6.10. The van der Waals surface area contributed by atoms with Crippen molar-refractivity contribution in [2.45, 2.75) is 57.3 Å². The fraction of sp³-hybridized carbons (Fsp3) is 0.478. The highest BCUT2D eigenvalue weighted by molar-refractivity contribution is 6.30. The molecule has 1 saturated heterocycles. The van der Waals surface area contributed by atoms with Crippen molar-refractivity contribution < 1.29 is 14.9 Å². The molecule has 4 heteroatoms. The number of hydrogen-bond donors (Lipinski definition) is 2. The Labute approximate surface area is 165 Å². The van der Waals surface area contributed by atoms with Gasteiger partial charge >= 0.3 is 0 Å². The minimum Gasteiger partial charge on any atom is -0.394 e. The molecule has 2 aromatic carbocycles. The first kappa shape index (κ1) is 18.9. The van der Waals surface area contributed by atoms with Gasteiger partial charge in [0.05, 0.1) is 24.9 Å². The molecule has 2 aromatic rings. The zero-order valence-electron chi connectivity index (χ0n) is 15.7. The van der Waals surface area contributed by atoms with Crippen LogP contribution in [0.1, 0.15) is 53.7 Å². The standard InChI is InChI=1S/C23H27ClO3/c1-14-22(26)12-20(13-25)27-23(14)18-10-16-3-2-4-21(16)17(11-18)9-15-5-7-19(24)8-6-15/h5-8,10-11,14,20,22-23,25-26H,2-4,9,12-13H2,1H3. The zero-order valence-corrected chi connectivity index (χ0v) is 16.5. The van der Waals surface area contributed by atoms with Crippen LogP contribution in [-0.2, 0) is 24.0 Å². The van der Waals surface area contributed by atoms with E-state index in [4.69, 9.17) is 16.3 Å². The van der Waals surface area contributed by atoms with E-state index in [-0.39, 0.29) is 24.7 Å². The Hall–Kier alpha value is -1.39. The molecule has 27 heavy (non-hydrogen) atoms. The number of benzene rings is 2. The first-order valence-corrected chi connectivity index (χ1v) is 10.3. The van der Waals surface area contributed by atoms with Gasteiger partial charge in [-0.1, -0.05) is 42.8 Å². The second kappa shape index (κ2) is 7.92. The van der Waals surface area contributed by atoms with Crippen LogP contribution < -0.4 is 0 Å². The average molecular weight is 387 g/mol. The molecule has 0 aromatic heterocycles. The van der Waals surface area contributed by atoms with E-state index in [1.165, 1.54) is 28.7 Å². The number of aliphatic hydroxyl groups excluding tert-OH is 2. The van der Waals surface area contributed by atoms with Gasteiger partial charge in [0.25, 0.3) is 0 Å². The first-order chi connectivity index (χ1) is 13.0. The van der Waals surface area contributed by atoms with Gasteiger partial charge in [-0.05, 0) is 65.6 Å². The third kappa shape index (κ3) is 3.93. The smallest absolute Gasteiger partial charge is 0.0880 e. The van der Waals surface area contributed by atoms with Crippen LogP contribution >= 0.6 is 11.6 Å². The number of rotatable bonds is 4. The molecule has 1 aliphatic carbocycles. The van der Waals surface area contributed by atoms with Gasteiger partial charge in [0, 0.05) is 17.4 Å². The normalized spacial score (nSPS) is 27.6. The summed E-state index contributed by atoms with van der Waals surface area (Å²) < 4.78 is 6.16. The fourth-order valence-corrected chi connectivity index (χ4v) is 4.67. The average Bonchev–Trinajstić information content (AvgIpc) is 3.14. The number of ether oxygens (including phenoxy) is 1. The molecule has 1 aliphatic heterocycles. The van der Waals surface area contributed by atoms with Crippen LogP contribution in [0, 0.1) is 5.92 Å². The molecule has 0 saturated carbocycles. The topological polar surface area (TPSA) is 49.7 Å². The van der Waals surface area contributed by atoms with Crippen molar-refractivity contribution in [3.63, 3.8) is 0 Å². The summed E-state index contributed by atoms with van der Waals surface area (Å²) in [7, 11) is 0. The maximum atomic E-state index is 10.4. The summed E-state index contributed by atoms with van der Waals surface area (Å²) >= 11 is 6.03. The van der Waals surface area contributed by atoms with Gasteiger partial charge in [-0.2, -0.15) is 0 Å². The van der Waals surface area contributed by atoms with Gasteiger partial charge < -0.3 is 14.9 Å². The lowest BCUT2D eigenvalue weighted by Crippen LogP contribution is -2.39. The van der Waals surface area contributed by atoms with E-state index in [1.54, 1.807) is 0 Å². The molecule has 0 amide bonds. The predicted octanol–water partition coefficient (Wildman–Crippen LogP) is 4.24. The van der Waals surface area contributed by atoms with Crippen molar-refractivity contribution in [3.8, 4) is 0 Å². The number of aryl methyl sites for hydroxylation is 1. The van der Waals surface area contributed by atoms with E-state index in [0.29, 0.717) is 6.42 Å². The second-order valence-electron chi connectivity index (χ2n) is 8.00. The SMILES string of the molecule is CC1C(O)CC(CO)OC1c1cc2c(c(Cc3ccc(Cl)cc3)c1)CCC2. The molecule has 1 heterocycles. The van der Waals surface area contributed by atoms with Crippen LogP contribution in [0.2, 0.25) is 5.02 Å². The number of fused-ring (bicyclic) bond motifs is 1. The van der Waals surface area contributed by atoms with Crippen molar-refractivity contribution in [2.75, 3.05) is 6.61 Å². The van der Waals surface area contributed by atoms with E-state index in [9.17, 15) is 10.2 Å². The van der Waals surface area contributed by atoms with E-state index in [2.05, 4.69) is 24.3 Å². The molecule has 0 bridgehead atoms. The zero-order chi connectivity index (χ0) is 19.0. The molecule has 4 rings (SSSR count). The molecular weight excluding hydrogens is 360 g/mol. The summed E-state index contributed by atoms with van der Waals surface area (Å²) in [5, 5.41) is 20.7. The van der Waals surface area contributed by atoms with E-state index >= 15 is 0 Å². The Kier molecular flexibility index (Phi) is 5.56. The van der Waals surface area contributed by atoms with Crippen molar-refractivity contribution in [1.82, 2.24) is 0 Å². The van der Waals surface area contributed by atoms with Gasteiger partial charge in [0.1, 0.15) is 0 Å². The molecule has 0 radical (unpaired) electrons. The van der Waals surface area contributed by atoms with Crippen LogP contribution in [0.15, 0.2) is 36.4 Å². The number of halogens is 1. The third-order valence-corrected chi connectivity index (χ3v) is 6.35. The van der Waals surface area contributed by atoms with E-state index in [1.807, 2.05) is 19.1 Å². The first-order valence-electron chi connectivity index (χ1n) is 9.88. The predicted molar refractivity (Wildman–Crippen MR) is 107 cm³/mol. The largest absolute Gasteiger partial charge is 0.394 e. The Bertz CT molecular complexity index is 802. The monoisotopic (exact) mass is 386 g/mol. The number of aliphatic hydroxyl groups is 2. The lowest BCUT2D eigenvalue weighted by molar-refractivity contribution is -0.145. The maximum Gasteiger partial charge on any atom is 0.0880 e. The summed E-state index contributed by atoms with van der Waals surface area (Å²) in [5.74, 6) is 0.00985. The van der Waals surface area contributed by atoms with E-state index in [0.717, 1.165) is 29.8 Å². The number of hydrogen-bond acceptors (Lipinski definition) is 3. The minimum absolute atomic E-state index is 0.00985. The molecule has 0 spiro atoms. The Morgan fingerprint density at radius 1 is 1.15 bits per heavy atom. The van der Waals surface area contributed by atoms with Crippen LogP contribution in [0.25, 0.3) is 0 Å². The summed E-state index contributed by atoms with van der Waals surface area (Å²) in [4.78, 5) is 0. The summed E-state index contributed by atoms with van der Waals surface area (Å²) in [5.41, 5.74) is 6.60. The summed E-state index contributed by atoms with van der Waals surface area (Å²) in [6.07, 6.45) is 3.86. The fourth-order valence-electron chi connectivity index (χ4n) is 4.54. The van der Waals surface area contributed by atoms with Gasteiger partial charge in [-0.15, -0.1) is 0 Å². The highest BCUT2D eigenvalue weighted by Gasteiger charge is 2.36. The summed E-state index contributed by atoms with van der Waals surface area (Å²) in [6.45, 7) is 1.98. The van der Waals surface area contributed by atoms with Crippen LogP contribution in [0.3, 0.4) is 0 Å². The van der Waals surface area contributed by atoms with Crippen molar-refractivity contribution in [1.29, 1.82) is 0 Å².